The van der Waals surface area contributed by atoms with E-state index in [0.29, 0.717) is 0 Å². The van der Waals surface area contributed by atoms with Gasteiger partial charge < -0.3 is 10.1 Å². The fourth-order valence-electron chi connectivity index (χ4n) is 3.25. The molecule has 0 aliphatic heterocycles. The van der Waals surface area contributed by atoms with E-state index in [9.17, 15) is 28.9 Å². The van der Waals surface area contributed by atoms with Crippen molar-refractivity contribution in [2.45, 2.75) is 6.92 Å². The van der Waals surface area contributed by atoms with Crippen molar-refractivity contribution in [1.82, 2.24) is 9.78 Å². The molecule has 10 nitrogen and oxygen atoms in total. The zero-order valence-corrected chi connectivity index (χ0v) is 19.4. The second-order valence-electron chi connectivity index (χ2n) is 6.97. The lowest BCUT2D eigenvalue weighted by molar-refractivity contribution is -0.384. The van der Waals surface area contributed by atoms with Crippen LogP contribution in [0.15, 0.2) is 52.6 Å². The number of rotatable bonds is 6. The zero-order valence-electron chi connectivity index (χ0n) is 17.8. The van der Waals surface area contributed by atoms with Crippen LogP contribution in [0.25, 0.3) is 16.5 Å². The number of amides is 1. The van der Waals surface area contributed by atoms with Gasteiger partial charge in [-0.1, -0.05) is 23.7 Å². The zero-order chi connectivity index (χ0) is 25.3. The summed E-state index contributed by atoms with van der Waals surface area (Å²) in [5.74, 6) is -2.36. The van der Waals surface area contributed by atoms with E-state index in [1.54, 1.807) is 6.92 Å². The molecule has 1 amide bonds. The number of carbonyl (C=O) groups is 2. The van der Waals surface area contributed by atoms with E-state index in [1.807, 2.05) is 0 Å². The molecule has 2 aromatic heterocycles. The molecule has 0 spiro atoms. The Morgan fingerprint density at radius 2 is 2.03 bits per heavy atom. The van der Waals surface area contributed by atoms with Crippen LogP contribution >= 0.6 is 22.9 Å². The predicted molar refractivity (Wildman–Crippen MR) is 127 cm³/mol. The number of aromatic nitrogens is 2. The van der Waals surface area contributed by atoms with Gasteiger partial charge in [0.05, 0.1) is 16.9 Å². The molecular formula is C22H14ClFN4O6S. The van der Waals surface area contributed by atoms with Crippen molar-refractivity contribution in [2.75, 3.05) is 11.9 Å². The monoisotopic (exact) mass is 516 g/mol. The highest BCUT2D eigenvalue weighted by Gasteiger charge is 2.25. The summed E-state index contributed by atoms with van der Waals surface area (Å²) < 4.78 is 20.2. The number of esters is 1. The summed E-state index contributed by atoms with van der Waals surface area (Å²) in [4.78, 5) is 49.2. The average Bonchev–Trinajstić information content (AvgIpc) is 3.24. The molecule has 0 aliphatic carbocycles. The number of fused-ring (bicyclic) bond motifs is 1. The van der Waals surface area contributed by atoms with Crippen molar-refractivity contribution in [2.24, 2.45) is 0 Å². The number of carbonyl (C=O) groups excluding carboxylic acids is 2. The lowest BCUT2D eigenvalue weighted by Crippen LogP contribution is -2.26. The maximum Gasteiger partial charge on any atom is 0.359 e. The van der Waals surface area contributed by atoms with Crippen LogP contribution in [0.3, 0.4) is 0 Å². The molecule has 2 aromatic carbocycles. The van der Waals surface area contributed by atoms with Gasteiger partial charge in [0, 0.05) is 22.4 Å². The van der Waals surface area contributed by atoms with Gasteiger partial charge >= 0.3 is 5.97 Å². The Hall–Kier alpha value is -4.16. The molecule has 0 saturated heterocycles. The summed E-state index contributed by atoms with van der Waals surface area (Å²) in [6.45, 7) is 1.62. The van der Waals surface area contributed by atoms with E-state index in [0.717, 1.165) is 28.2 Å². The SMILES string of the molecule is CCOC(=O)c1nn(-c2ccccc2F)c(=O)c2c(NC(=O)c3ccc(Cl)c([N+](=O)[O-])c3)scc12. The highest BCUT2D eigenvalue weighted by molar-refractivity contribution is 7.16. The molecule has 4 aromatic rings. The van der Waals surface area contributed by atoms with Crippen molar-refractivity contribution >= 4 is 56.3 Å². The summed E-state index contributed by atoms with van der Waals surface area (Å²) in [6, 6.07) is 8.83. The van der Waals surface area contributed by atoms with Gasteiger partial charge in [0.2, 0.25) is 0 Å². The van der Waals surface area contributed by atoms with Crippen LogP contribution in [0.1, 0.15) is 27.8 Å². The van der Waals surface area contributed by atoms with Crippen LogP contribution in [0.4, 0.5) is 15.1 Å². The van der Waals surface area contributed by atoms with Gasteiger partial charge in [-0.2, -0.15) is 9.78 Å². The summed E-state index contributed by atoms with van der Waals surface area (Å²) in [5.41, 5.74) is -1.80. The molecule has 0 radical (unpaired) electrons. The second-order valence-corrected chi connectivity index (χ2v) is 8.26. The molecule has 0 atom stereocenters. The third-order valence-corrected chi connectivity index (χ3v) is 6.05. The number of nitrogens with zero attached hydrogens (tertiary/aromatic N) is 3. The third-order valence-electron chi connectivity index (χ3n) is 4.83. The minimum atomic E-state index is -0.841. The first kappa shape index (κ1) is 24.0. The molecule has 178 valence electrons. The van der Waals surface area contributed by atoms with Gasteiger partial charge in [-0.05, 0) is 31.2 Å². The lowest BCUT2D eigenvalue weighted by Gasteiger charge is -2.10. The van der Waals surface area contributed by atoms with Crippen molar-refractivity contribution < 1.29 is 23.6 Å². The molecule has 0 fully saturated rings. The molecule has 0 aliphatic rings. The summed E-state index contributed by atoms with van der Waals surface area (Å²) >= 11 is 6.73. The second kappa shape index (κ2) is 9.60. The van der Waals surface area contributed by atoms with Gasteiger partial charge in [0.15, 0.2) is 5.69 Å². The Morgan fingerprint density at radius 1 is 1.29 bits per heavy atom. The van der Waals surface area contributed by atoms with Gasteiger partial charge in [-0.25, -0.2) is 9.18 Å². The van der Waals surface area contributed by atoms with Crippen LogP contribution < -0.4 is 10.9 Å². The number of ether oxygens (including phenoxy) is 1. The van der Waals surface area contributed by atoms with E-state index >= 15 is 0 Å². The first-order valence-electron chi connectivity index (χ1n) is 9.94. The standard InChI is InChI=1S/C22H14ClFN4O6S/c1-2-34-22(31)18-12-10-35-20(25-19(29)11-7-8-13(23)16(9-11)28(32)33)17(12)21(30)27(26-18)15-6-4-3-5-14(15)24/h3-10H,2H2,1H3,(H,25,29). The summed E-state index contributed by atoms with van der Waals surface area (Å²) in [7, 11) is 0. The third kappa shape index (κ3) is 4.48. The number of halogens is 2. The molecule has 35 heavy (non-hydrogen) atoms. The number of benzene rings is 2. The number of thiophene rings is 1. The minimum absolute atomic E-state index is 0.0317. The van der Waals surface area contributed by atoms with Crippen LogP contribution in [0.2, 0.25) is 5.02 Å². The Labute approximate surface area is 204 Å². The number of para-hydroxylation sites is 1. The maximum absolute atomic E-state index is 14.5. The molecule has 0 bridgehead atoms. The molecule has 0 unspecified atom stereocenters. The number of nitro groups is 1. The largest absolute Gasteiger partial charge is 0.461 e. The molecule has 0 saturated carbocycles. The van der Waals surface area contributed by atoms with Crippen LogP contribution in [-0.4, -0.2) is 33.2 Å². The minimum Gasteiger partial charge on any atom is -0.461 e. The van der Waals surface area contributed by atoms with Gasteiger partial charge in [0.1, 0.15) is 21.5 Å². The molecule has 4 rings (SSSR count). The normalized spacial score (nSPS) is 10.8. The van der Waals surface area contributed by atoms with E-state index in [-0.39, 0.29) is 44.3 Å². The first-order valence-corrected chi connectivity index (χ1v) is 11.2. The Balaban J connectivity index is 1.87. The lowest BCUT2D eigenvalue weighted by atomic mass is 10.2. The van der Waals surface area contributed by atoms with Crippen LogP contribution in [-0.2, 0) is 4.74 Å². The molecule has 13 heteroatoms. The smallest absolute Gasteiger partial charge is 0.359 e. The van der Waals surface area contributed by atoms with E-state index < -0.39 is 33.9 Å². The first-order chi connectivity index (χ1) is 16.7. The predicted octanol–water partition coefficient (Wildman–Crippen LogP) is 4.58. The van der Waals surface area contributed by atoms with Gasteiger partial charge in [-0.15, -0.1) is 11.3 Å². The number of nitrogens with one attached hydrogen (secondary N) is 1. The fourth-order valence-corrected chi connectivity index (χ4v) is 4.37. The van der Waals surface area contributed by atoms with E-state index in [1.165, 1.54) is 35.7 Å². The maximum atomic E-state index is 14.5. The van der Waals surface area contributed by atoms with Crippen molar-refractivity contribution in [3.8, 4) is 5.69 Å². The number of hydrogen-bond acceptors (Lipinski definition) is 8. The highest BCUT2D eigenvalue weighted by Crippen LogP contribution is 2.32. The average molecular weight is 517 g/mol. The number of hydrogen-bond donors (Lipinski definition) is 1. The molecule has 2 heterocycles. The Kier molecular flexibility index (Phi) is 6.58. The molecular weight excluding hydrogens is 503 g/mol. The Bertz CT molecular complexity index is 1570. The number of nitro benzene ring substituents is 1. The van der Waals surface area contributed by atoms with Crippen LogP contribution in [0.5, 0.6) is 0 Å². The quantitative estimate of drug-likeness (QED) is 0.225. The van der Waals surface area contributed by atoms with Gasteiger partial charge in [0.25, 0.3) is 17.2 Å². The summed E-state index contributed by atoms with van der Waals surface area (Å²) in [5, 5.41) is 19.0. The number of anilines is 1. The van der Waals surface area contributed by atoms with Crippen LogP contribution in [0, 0.1) is 15.9 Å². The van der Waals surface area contributed by atoms with E-state index in [2.05, 4.69) is 10.4 Å². The fraction of sp³-hybridized carbons (Fsp3) is 0.0909. The van der Waals surface area contributed by atoms with Gasteiger partial charge in [-0.3, -0.25) is 19.7 Å². The van der Waals surface area contributed by atoms with Crippen molar-refractivity contribution in [3.63, 3.8) is 0 Å². The van der Waals surface area contributed by atoms with E-state index in [4.69, 9.17) is 16.3 Å². The summed E-state index contributed by atoms with van der Waals surface area (Å²) in [6.07, 6.45) is 0. The Morgan fingerprint density at radius 3 is 2.71 bits per heavy atom. The topological polar surface area (TPSA) is 133 Å². The van der Waals surface area contributed by atoms with Crippen molar-refractivity contribution in [3.05, 3.63) is 90.4 Å². The molecule has 1 N–H and O–H groups in total. The van der Waals surface area contributed by atoms with Crippen molar-refractivity contribution in [1.29, 1.82) is 0 Å². The highest BCUT2D eigenvalue weighted by atomic mass is 35.5.